The Kier molecular flexibility index (Phi) is 4.45. The van der Waals surface area contributed by atoms with Gasteiger partial charge in [-0.3, -0.25) is 0 Å². The van der Waals surface area contributed by atoms with Crippen LogP contribution in [0.15, 0.2) is 24.3 Å². The van der Waals surface area contributed by atoms with Crippen molar-refractivity contribution in [1.82, 2.24) is 5.32 Å². The molecule has 3 nitrogen and oxygen atoms in total. The maximum Gasteiger partial charge on any atom is 0.417 e. The van der Waals surface area contributed by atoms with Crippen molar-refractivity contribution in [3.63, 3.8) is 0 Å². The Balaban J connectivity index is 2.96. The largest absolute Gasteiger partial charge is 0.417 e. The first-order valence-corrected chi connectivity index (χ1v) is 5.67. The van der Waals surface area contributed by atoms with E-state index in [1.807, 2.05) is 0 Å². The van der Waals surface area contributed by atoms with Gasteiger partial charge in [-0.05, 0) is 19.1 Å². The van der Waals surface area contributed by atoms with Gasteiger partial charge in [0.15, 0.2) is 5.54 Å². The highest BCUT2D eigenvalue weighted by Crippen LogP contribution is 2.41. The maximum absolute atomic E-state index is 13.2. The summed E-state index contributed by atoms with van der Waals surface area (Å²) in [7, 11) is 0. The number of hydrogen-bond acceptors (Lipinski definition) is 1. The number of alkyl halides is 5. The molecule has 0 bridgehead atoms. The van der Waals surface area contributed by atoms with E-state index in [1.165, 1.54) is 12.1 Å². The standard InChI is InChI=1S/C12H12F6N2O/c1-10(11(2,14)15,12(16,17)18)20-9(21)19-8-6-4-3-5-7(8)13/h3-6H,1-2H3,(H2,19,20,21). The van der Waals surface area contributed by atoms with Crippen LogP contribution in [0.2, 0.25) is 0 Å². The number of nitrogens with one attached hydrogen (secondary N) is 2. The lowest BCUT2D eigenvalue weighted by molar-refractivity contribution is -0.249. The normalized spacial score (nSPS) is 15.2. The molecule has 9 heteroatoms. The van der Waals surface area contributed by atoms with Crippen molar-refractivity contribution < 1.29 is 31.1 Å². The van der Waals surface area contributed by atoms with Gasteiger partial charge in [-0.2, -0.15) is 13.2 Å². The van der Waals surface area contributed by atoms with Crippen molar-refractivity contribution in [3.05, 3.63) is 30.1 Å². The fourth-order valence-electron chi connectivity index (χ4n) is 1.37. The quantitative estimate of drug-likeness (QED) is 0.816. The summed E-state index contributed by atoms with van der Waals surface area (Å²) in [5, 5.41) is 2.91. The SMILES string of the molecule is CC(F)(F)C(C)(NC(=O)Nc1ccccc1F)C(F)(F)F. The fraction of sp³-hybridized carbons (Fsp3) is 0.417. The second-order valence-corrected chi connectivity index (χ2v) is 4.57. The van der Waals surface area contributed by atoms with Gasteiger partial charge in [-0.1, -0.05) is 12.1 Å². The van der Waals surface area contributed by atoms with Gasteiger partial charge in [0.05, 0.1) is 5.69 Å². The second kappa shape index (κ2) is 5.45. The Hall–Kier alpha value is -1.93. The minimum absolute atomic E-state index is 0.0316. The van der Waals surface area contributed by atoms with Crippen LogP contribution in [-0.4, -0.2) is 23.7 Å². The molecular weight excluding hydrogens is 302 g/mol. The zero-order valence-corrected chi connectivity index (χ0v) is 11.0. The van der Waals surface area contributed by atoms with Crippen molar-refractivity contribution in [2.45, 2.75) is 31.5 Å². The third-order valence-corrected chi connectivity index (χ3v) is 2.93. The van der Waals surface area contributed by atoms with E-state index in [1.54, 1.807) is 5.32 Å². The number of carbonyl (C=O) groups excluding carboxylic acids is 1. The highest BCUT2D eigenvalue weighted by atomic mass is 19.4. The average Bonchev–Trinajstić information content (AvgIpc) is 2.29. The summed E-state index contributed by atoms with van der Waals surface area (Å²) in [5.41, 5.74) is -4.23. The molecule has 1 atom stereocenters. The molecule has 118 valence electrons. The number of carbonyl (C=O) groups is 1. The van der Waals surface area contributed by atoms with Crippen LogP contribution >= 0.6 is 0 Å². The van der Waals surface area contributed by atoms with Crippen molar-refractivity contribution in [3.8, 4) is 0 Å². The van der Waals surface area contributed by atoms with E-state index in [4.69, 9.17) is 0 Å². The molecule has 0 saturated heterocycles. The molecule has 0 aliphatic rings. The summed E-state index contributed by atoms with van der Waals surface area (Å²) in [6, 6.07) is 3.03. The zero-order valence-electron chi connectivity index (χ0n) is 11.0. The summed E-state index contributed by atoms with van der Waals surface area (Å²) in [5.74, 6) is -5.19. The smallest absolute Gasteiger partial charge is 0.319 e. The lowest BCUT2D eigenvalue weighted by Gasteiger charge is -2.37. The first kappa shape index (κ1) is 17.1. The number of halogens is 6. The van der Waals surface area contributed by atoms with Gasteiger partial charge in [-0.15, -0.1) is 0 Å². The lowest BCUT2D eigenvalue weighted by Crippen LogP contribution is -2.66. The molecule has 1 aromatic rings. The third-order valence-electron chi connectivity index (χ3n) is 2.93. The number of para-hydroxylation sites is 1. The van der Waals surface area contributed by atoms with Crippen LogP contribution in [0.25, 0.3) is 0 Å². The first-order chi connectivity index (χ1) is 9.38. The van der Waals surface area contributed by atoms with Gasteiger partial charge in [0, 0.05) is 6.92 Å². The highest BCUT2D eigenvalue weighted by molar-refractivity contribution is 5.90. The van der Waals surface area contributed by atoms with Crippen molar-refractivity contribution in [2.24, 2.45) is 0 Å². The zero-order chi connectivity index (χ0) is 16.5. The Labute approximate surface area is 116 Å². The lowest BCUT2D eigenvalue weighted by atomic mass is 9.94. The van der Waals surface area contributed by atoms with Gasteiger partial charge in [0.1, 0.15) is 5.82 Å². The van der Waals surface area contributed by atoms with E-state index in [0.717, 1.165) is 17.4 Å². The van der Waals surface area contributed by atoms with Crippen LogP contribution < -0.4 is 10.6 Å². The van der Waals surface area contributed by atoms with Crippen molar-refractivity contribution in [2.75, 3.05) is 5.32 Å². The van der Waals surface area contributed by atoms with E-state index in [0.29, 0.717) is 0 Å². The number of urea groups is 1. The molecule has 0 spiro atoms. The summed E-state index contributed by atoms with van der Waals surface area (Å²) >= 11 is 0. The number of benzene rings is 1. The third kappa shape index (κ3) is 3.59. The van der Waals surface area contributed by atoms with E-state index < -0.39 is 35.2 Å². The number of anilines is 1. The van der Waals surface area contributed by atoms with E-state index in [9.17, 15) is 31.1 Å². The van der Waals surface area contributed by atoms with Crippen LogP contribution in [0.1, 0.15) is 13.8 Å². The molecular formula is C12H12F6N2O. The van der Waals surface area contributed by atoms with Crippen molar-refractivity contribution >= 4 is 11.7 Å². The topological polar surface area (TPSA) is 41.1 Å². The fourth-order valence-corrected chi connectivity index (χ4v) is 1.37. The van der Waals surface area contributed by atoms with Gasteiger partial charge in [0.2, 0.25) is 0 Å². The molecule has 21 heavy (non-hydrogen) atoms. The van der Waals surface area contributed by atoms with Gasteiger partial charge < -0.3 is 10.6 Å². The molecule has 1 aromatic carbocycles. The predicted octanol–water partition coefficient (Wildman–Crippen LogP) is 3.92. The molecule has 0 fully saturated rings. The molecule has 2 N–H and O–H groups in total. The van der Waals surface area contributed by atoms with E-state index in [2.05, 4.69) is 0 Å². The average molecular weight is 314 g/mol. The molecule has 0 heterocycles. The number of hydrogen-bond donors (Lipinski definition) is 2. The van der Waals surface area contributed by atoms with Crippen LogP contribution in [0.3, 0.4) is 0 Å². The molecule has 2 amide bonds. The Morgan fingerprint density at radius 3 is 2.00 bits per heavy atom. The maximum atomic E-state index is 13.2. The second-order valence-electron chi connectivity index (χ2n) is 4.57. The van der Waals surface area contributed by atoms with Gasteiger partial charge in [-0.25, -0.2) is 18.0 Å². The Morgan fingerprint density at radius 2 is 1.57 bits per heavy atom. The first-order valence-electron chi connectivity index (χ1n) is 5.67. The molecule has 0 aliphatic carbocycles. The van der Waals surface area contributed by atoms with Crippen LogP contribution in [0.5, 0.6) is 0 Å². The summed E-state index contributed by atoms with van der Waals surface area (Å²) in [4.78, 5) is 11.5. The van der Waals surface area contributed by atoms with Crippen LogP contribution in [-0.2, 0) is 0 Å². The van der Waals surface area contributed by atoms with Gasteiger partial charge >= 0.3 is 12.2 Å². The summed E-state index contributed by atoms with van der Waals surface area (Å²) < 4.78 is 78.0. The summed E-state index contributed by atoms with van der Waals surface area (Å²) in [6.45, 7) is 0.178. The van der Waals surface area contributed by atoms with E-state index in [-0.39, 0.29) is 13.8 Å². The minimum atomic E-state index is -5.40. The monoisotopic (exact) mass is 314 g/mol. The highest BCUT2D eigenvalue weighted by Gasteiger charge is 2.65. The molecule has 0 aliphatic heterocycles. The Bertz CT molecular complexity index is 509. The summed E-state index contributed by atoms with van der Waals surface area (Å²) in [6.07, 6.45) is -5.40. The van der Waals surface area contributed by atoms with Crippen LogP contribution in [0, 0.1) is 5.82 Å². The molecule has 0 aromatic heterocycles. The predicted molar refractivity (Wildman–Crippen MR) is 63.6 cm³/mol. The van der Waals surface area contributed by atoms with Crippen molar-refractivity contribution in [1.29, 1.82) is 0 Å². The number of amides is 2. The van der Waals surface area contributed by atoms with E-state index >= 15 is 0 Å². The van der Waals surface area contributed by atoms with Crippen LogP contribution in [0.4, 0.5) is 36.8 Å². The molecule has 1 unspecified atom stereocenters. The minimum Gasteiger partial charge on any atom is -0.319 e. The molecule has 1 rings (SSSR count). The molecule has 0 radical (unpaired) electrons. The van der Waals surface area contributed by atoms with Gasteiger partial charge in [0.25, 0.3) is 5.92 Å². The Morgan fingerprint density at radius 1 is 1.05 bits per heavy atom. The molecule has 0 saturated carbocycles. The number of rotatable bonds is 3.